The number of rotatable bonds is 2. The van der Waals surface area contributed by atoms with E-state index in [1.807, 2.05) is 26.1 Å². The van der Waals surface area contributed by atoms with Gasteiger partial charge in [0.05, 0.1) is 11.7 Å². The van der Waals surface area contributed by atoms with E-state index >= 15 is 0 Å². The molecule has 1 fully saturated rings. The van der Waals surface area contributed by atoms with Gasteiger partial charge < -0.3 is 10.2 Å². The molecule has 0 saturated heterocycles. The summed E-state index contributed by atoms with van der Waals surface area (Å²) >= 11 is 0. The van der Waals surface area contributed by atoms with E-state index in [0.29, 0.717) is 6.04 Å². The first-order valence-electron chi connectivity index (χ1n) is 7.57. The van der Waals surface area contributed by atoms with Crippen LogP contribution < -0.4 is 5.73 Å². The molecule has 20 heavy (non-hydrogen) atoms. The Labute approximate surface area is 120 Å². The summed E-state index contributed by atoms with van der Waals surface area (Å²) in [4.78, 5) is 0. The van der Waals surface area contributed by atoms with Gasteiger partial charge in [-0.1, -0.05) is 25.7 Å². The fraction of sp³-hybridized carbons (Fsp3) is 0.562. The fourth-order valence-corrected chi connectivity index (χ4v) is 3.19. The maximum absolute atomic E-state index is 6.17. The lowest BCUT2D eigenvalue weighted by Gasteiger charge is -2.14. The molecule has 0 bridgehead atoms. The highest BCUT2D eigenvalue weighted by molar-refractivity contribution is 5.73. The minimum Gasteiger partial charge on any atom is -0.466 e. The van der Waals surface area contributed by atoms with Crippen LogP contribution in [-0.4, -0.2) is 9.78 Å². The molecule has 0 amide bonds. The molecule has 0 radical (unpaired) electrons. The van der Waals surface area contributed by atoms with Crippen molar-refractivity contribution in [3.8, 4) is 11.3 Å². The van der Waals surface area contributed by atoms with Crippen molar-refractivity contribution in [2.45, 2.75) is 58.4 Å². The predicted molar refractivity (Wildman–Crippen MR) is 80.6 cm³/mol. The van der Waals surface area contributed by atoms with Gasteiger partial charge in [0.25, 0.3) is 0 Å². The summed E-state index contributed by atoms with van der Waals surface area (Å²) in [6, 6.07) is 2.52. The molecule has 108 valence electrons. The van der Waals surface area contributed by atoms with Gasteiger partial charge in [0, 0.05) is 11.8 Å². The summed E-state index contributed by atoms with van der Waals surface area (Å²) < 4.78 is 7.67. The molecule has 4 nitrogen and oxygen atoms in total. The van der Waals surface area contributed by atoms with Crippen molar-refractivity contribution >= 4 is 5.69 Å². The van der Waals surface area contributed by atoms with Crippen LogP contribution in [0.5, 0.6) is 0 Å². The molecule has 4 heteroatoms. The summed E-state index contributed by atoms with van der Waals surface area (Å²) in [5.74, 6) is 1.79. The Hall–Kier alpha value is -1.71. The fourth-order valence-electron chi connectivity index (χ4n) is 3.19. The third-order valence-electron chi connectivity index (χ3n) is 4.26. The molecular formula is C16H23N3O. The molecule has 2 N–H and O–H groups in total. The summed E-state index contributed by atoms with van der Waals surface area (Å²) in [5, 5.41) is 4.75. The second kappa shape index (κ2) is 5.35. The number of furan rings is 1. The lowest BCUT2D eigenvalue weighted by Crippen LogP contribution is -2.08. The zero-order valence-corrected chi connectivity index (χ0v) is 12.4. The Morgan fingerprint density at radius 2 is 1.90 bits per heavy atom. The van der Waals surface area contributed by atoms with Crippen LogP contribution in [0.25, 0.3) is 11.3 Å². The van der Waals surface area contributed by atoms with Crippen molar-refractivity contribution in [3.63, 3.8) is 0 Å². The van der Waals surface area contributed by atoms with E-state index in [1.165, 1.54) is 38.5 Å². The van der Waals surface area contributed by atoms with E-state index in [1.54, 1.807) is 0 Å². The quantitative estimate of drug-likeness (QED) is 0.833. The normalized spacial score (nSPS) is 17.3. The number of nitrogens with zero attached hydrogens (tertiary/aromatic N) is 2. The Morgan fingerprint density at radius 3 is 2.50 bits per heavy atom. The average Bonchev–Trinajstić information content (AvgIpc) is 2.82. The zero-order valence-electron chi connectivity index (χ0n) is 12.4. The lowest BCUT2D eigenvalue weighted by atomic mass is 10.1. The number of hydrogen-bond donors (Lipinski definition) is 1. The molecule has 0 aliphatic heterocycles. The Kier molecular flexibility index (Phi) is 3.55. The molecule has 0 atom stereocenters. The number of nitrogen functional groups attached to an aromatic ring is 1. The van der Waals surface area contributed by atoms with Gasteiger partial charge in [-0.15, -0.1) is 0 Å². The van der Waals surface area contributed by atoms with Gasteiger partial charge in [-0.3, -0.25) is 4.68 Å². The minimum absolute atomic E-state index is 0.502. The van der Waals surface area contributed by atoms with Crippen molar-refractivity contribution in [1.82, 2.24) is 9.78 Å². The monoisotopic (exact) mass is 273 g/mol. The summed E-state index contributed by atoms with van der Waals surface area (Å²) in [7, 11) is 0. The Morgan fingerprint density at radius 1 is 1.20 bits per heavy atom. The van der Waals surface area contributed by atoms with Crippen molar-refractivity contribution in [2.75, 3.05) is 5.73 Å². The highest BCUT2D eigenvalue weighted by Crippen LogP contribution is 2.33. The second-order valence-corrected chi connectivity index (χ2v) is 5.89. The minimum atomic E-state index is 0.502. The van der Waals surface area contributed by atoms with E-state index in [9.17, 15) is 0 Å². The molecule has 0 unspecified atom stereocenters. The van der Waals surface area contributed by atoms with Crippen molar-refractivity contribution in [3.05, 3.63) is 23.8 Å². The molecule has 1 saturated carbocycles. The lowest BCUT2D eigenvalue weighted by molar-refractivity contribution is 0.406. The van der Waals surface area contributed by atoms with Gasteiger partial charge >= 0.3 is 0 Å². The maximum Gasteiger partial charge on any atom is 0.119 e. The Balaban J connectivity index is 1.92. The van der Waals surface area contributed by atoms with E-state index < -0.39 is 0 Å². The maximum atomic E-state index is 6.17. The molecule has 0 spiro atoms. The number of aryl methyl sites for hydroxylation is 2. The van der Waals surface area contributed by atoms with Crippen LogP contribution in [0.15, 0.2) is 16.7 Å². The van der Waals surface area contributed by atoms with Gasteiger partial charge in [-0.05, 0) is 32.8 Å². The van der Waals surface area contributed by atoms with E-state index in [4.69, 9.17) is 15.2 Å². The van der Waals surface area contributed by atoms with Crippen LogP contribution in [0.1, 0.15) is 56.1 Å². The van der Waals surface area contributed by atoms with Crippen LogP contribution >= 0.6 is 0 Å². The summed E-state index contributed by atoms with van der Waals surface area (Å²) in [6.07, 6.45) is 9.70. The average molecular weight is 273 g/mol. The van der Waals surface area contributed by atoms with E-state index in [2.05, 4.69) is 4.68 Å². The first-order chi connectivity index (χ1) is 9.65. The molecule has 0 aromatic carbocycles. The summed E-state index contributed by atoms with van der Waals surface area (Å²) in [5.41, 5.74) is 8.81. The number of aromatic nitrogens is 2. The third-order valence-corrected chi connectivity index (χ3v) is 4.26. The van der Waals surface area contributed by atoms with Crippen LogP contribution in [-0.2, 0) is 0 Å². The van der Waals surface area contributed by atoms with Gasteiger partial charge in [0.15, 0.2) is 0 Å². The van der Waals surface area contributed by atoms with Crippen LogP contribution in [0.3, 0.4) is 0 Å². The van der Waals surface area contributed by atoms with Gasteiger partial charge in [0.1, 0.15) is 17.2 Å². The van der Waals surface area contributed by atoms with E-state index in [-0.39, 0.29) is 0 Å². The molecule has 2 heterocycles. The van der Waals surface area contributed by atoms with Crippen LogP contribution in [0.4, 0.5) is 5.69 Å². The standard InChI is InChI=1S/C16H23N3O/c1-11-9-14(12(2)20-11)16-15(17)10-19(18-16)13-7-5-3-4-6-8-13/h9-10,13H,3-8,17H2,1-2H3. The smallest absolute Gasteiger partial charge is 0.119 e. The number of nitrogens with two attached hydrogens (primary N) is 1. The molecule has 2 aromatic rings. The first kappa shape index (κ1) is 13.3. The van der Waals surface area contributed by atoms with Crippen LogP contribution in [0, 0.1) is 13.8 Å². The van der Waals surface area contributed by atoms with Crippen molar-refractivity contribution < 1.29 is 4.42 Å². The largest absolute Gasteiger partial charge is 0.466 e. The highest BCUT2D eigenvalue weighted by atomic mass is 16.3. The van der Waals surface area contributed by atoms with Gasteiger partial charge in [-0.2, -0.15) is 5.10 Å². The van der Waals surface area contributed by atoms with E-state index in [0.717, 1.165) is 28.5 Å². The second-order valence-electron chi connectivity index (χ2n) is 5.89. The zero-order chi connectivity index (χ0) is 14.1. The topological polar surface area (TPSA) is 57.0 Å². The number of hydrogen-bond acceptors (Lipinski definition) is 3. The number of anilines is 1. The molecule has 1 aliphatic rings. The third kappa shape index (κ3) is 2.47. The predicted octanol–water partition coefficient (Wildman–Crippen LogP) is 4.24. The van der Waals surface area contributed by atoms with Gasteiger partial charge in [0.2, 0.25) is 0 Å². The SMILES string of the molecule is Cc1cc(-c2nn(C3CCCCCC3)cc2N)c(C)o1. The molecule has 3 rings (SSSR count). The van der Waals surface area contributed by atoms with Crippen molar-refractivity contribution in [1.29, 1.82) is 0 Å². The molecule has 2 aromatic heterocycles. The molecular weight excluding hydrogens is 250 g/mol. The highest BCUT2D eigenvalue weighted by Gasteiger charge is 2.19. The summed E-state index contributed by atoms with van der Waals surface area (Å²) in [6.45, 7) is 3.92. The van der Waals surface area contributed by atoms with Crippen molar-refractivity contribution in [2.24, 2.45) is 0 Å². The van der Waals surface area contributed by atoms with Gasteiger partial charge in [-0.25, -0.2) is 0 Å². The first-order valence-corrected chi connectivity index (χ1v) is 7.57. The molecule has 1 aliphatic carbocycles. The Bertz CT molecular complexity index is 589. The van der Waals surface area contributed by atoms with Crippen LogP contribution in [0.2, 0.25) is 0 Å².